The maximum absolute atomic E-state index is 12.5. The van der Waals surface area contributed by atoms with E-state index in [2.05, 4.69) is 10.3 Å². The number of pyridine rings is 1. The molecular weight excluding hydrogens is 358 g/mol. The molecule has 1 amide bonds. The van der Waals surface area contributed by atoms with E-state index in [1.807, 2.05) is 36.4 Å². The van der Waals surface area contributed by atoms with Crippen molar-refractivity contribution in [3.63, 3.8) is 0 Å². The minimum atomic E-state index is -0.214. The summed E-state index contributed by atoms with van der Waals surface area (Å²) in [5.41, 5.74) is 9.01. The van der Waals surface area contributed by atoms with Gasteiger partial charge in [-0.05, 0) is 53.9 Å². The van der Waals surface area contributed by atoms with Crippen molar-refractivity contribution in [3.8, 4) is 11.3 Å². The Kier molecular flexibility index (Phi) is 4.48. The molecule has 132 valence electrons. The van der Waals surface area contributed by atoms with E-state index in [1.165, 1.54) is 0 Å². The van der Waals surface area contributed by atoms with E-state index in [0.29, 0.717) is 22.0 Å². The van der Waals surface area contributed by atoms with Gasteiger partial charge in [-0.1, -0.05) is 35.9 Å². The second-order valence-corrected chi connectivity index (χ2v) is 6.56. The van der Waals surface area contributed by atoms with Crippen LogP contribution in [0.2, 0.25) is 5.02 Å². The highest BCUT2D eigenvalue weighted by Crippen LogP contribution is 2.33. The molecule has 4 aromatic rings. The fraction of sp³-hybridized carbons (Fsp3) is 0. The molecule has 3 aromatic carbocycles. The number of carbonyl (C=O) groups excluding carboxylic acids is 1. The fourth-order valence-electron chi connectivity index (χ4n) is 2.96. The molecule has 0 spiro atoms. The van der Waals surface area contributed by atoms with Gasteiger partial charge in [-0.15, -0.1) is 0 Å². The minimum Gasteiger partial charge on any atom is -0.399 e. The van der Waals surface area contributed by atoms with Crippen molar-refractivity contribution in [2.45, 2.75) is 0 Å². The largest absolute Gasteiger partial charge is 0.399 e. The van der Waals surface area contributed by atoms with E-state index in [9.17, 15) is 4.79 Å². The Morgan fingerprint density at radius 2 is 1.74 bits per heavy atom. The van der Waals surface area contributed by atoms with Crippen LogP contribution in [0, 0.1) is 0 Å². The van der Waals surface area contributed by atoms with Crippen LogP contribution in [0.5, 0.6) is 0 Å². The Morgan fingerprint density at radius 1 is 0.963 bits per heavy atom. The van der Waals surface area contributed by atoms with E-state index < -0.39 is 0 Å². The van der Waals surface area contributed by atoms with Gasteiger partial charge >= 0.3 is 0 Å². The van der Waals surface area contributed by atoms with Gasteiger partial charge in [0, 0.05) is 34.1 Å². The molecule has 27 heavy (non-hydrogen) atoms. The summed E-state index contributed by atoms with van der Waals surface area (Å²) in [6.07, 6.45) is 1.76. The van der Waals surface area contributed by atoms with Crippen LogP contribution in [0.4, 0.5) is 11.4 Å². The lowest BCUT2D eigenvalue weighted by Gasteiger charge is -2.11. The molecule has 1 heterocycles. The van der Waals surface area contributed by atoms with Crippen LogP contribution in [0.1, 0.15) is 10.4 Å². The Balaban J connectivity index is 1.71. The van der Waals surface area contributed by atoms with Crippen LogP contribution in [-0.2, 0) is 0 Å². The van der Waals surface area contributed by atoms with Crippen LogP contribution in [-0.4, -0.2) is 10.9 Å². The van der Waals surface area contributed by atoms with Crippen LogP contribution >= 0.6 is 11.6 Å². The van der Waals surface area contributed by atoms with Gasteiger partial charge in [0.25, 0.3) is 5.91 Å². The number of carbonyl (C=O) groups is 1. The molecule has 4 rings (SSSR count). The number of anilines is 2. The van der Waals surface area contributed by atoms with Crippen molar-refractivity contribution in [1.82, 2.24) is 4.98 Å². The monoisotopic (exact) mass is 373 g/mol. The molecule has 0 saturated carbocycles. The zero-order chi connectivity index (χ0) is 18.8. The number of hydrogen-bond donors (Lipinski definition) is 2. The van der Waals surface area contributed by atoms with E-state index >= 15 is 0 Å². The summed E-state index contributed by atoms with van der Waals surface area (Å²) in [6.45, 7) is 0. The predicted octanol–water partition coefficient (Wildman–Crippen LogP) is 5.39. The molecule has 0 aliphatic carbocycles. The Bertz CT molecular complexity index is 1130. The topological polar surface area (TPSA) is 68.0 Å². The summed E-state index contributed by atoms with van der Waals surface area (Å²) >= 11 is 6.44. The highest BCUT2D eigenvalue weighted by atomic mass is 35.5. The van der Waals surface area contributed by atoms with Gasteiger partial charge in [0.15, 0.2) is 0 Å². The number of amides is 1. The second kappa shape index (κ2) is 7.09. The summed E-state index contributed by atoms with van der Waals surface area (Å²) in [5, 5.41) is 5.55. The first-order valence-electron chi connectivity index (χ1n) is 8.42. The number of benzene rings is 3. The first-order valence-corrected chi connectivity index (χ1v) is 8.80. The van der Waals surface area contributed by atoms with E-state index in [1.54, 1.807) is 42.6 Å². The van der Waals surface area contributed by atoms with Gasteiger partial charge < -0.3 is 11.1 Å². The second-order valence-electron chi connectivity index (χ2n) is 6.15. The van der Waals surface area contributed by atoms with Crippen molar-refractivity contribution in [2.75, 3.05) is 11.1 Å². The number of nitrogens with zero attached hydrogens (tertiary/aromatic N) is 1. The molecule has 0 atom stereocenters. The number of aromatic nitrogens is 1. The number of halogens is 1. The number of nitrogens with two attached hydrogens (primary N) is 1. The van der Waals surface area contributed by atoms with Gasteiger partial charge in [-0.3, -0.25) is 9.78 Å². The minimum absolute atomic E-state index is 0.214. The summed E-state index contributed by atoms with van der Waals surface area (Å²) in [5.74, 6) is -0.214. The highest BCUT2D eigenvalue weighted by Gasteiger charge is 2.12. The van der Waals surface area contributed by atoms with Crippen LogP contribution in [0.15, 0.2) is 79.0 Å². The van der Waals surface area contributed by atoms with E-state index in [-0.39, 0.29) is 5.91 Å². The SMILES string of the molecule is Nc1ccc(C(=O)Nc2ccc(Cl)c(-c3nccc4ccccc34)c2)cc1. The van der Waals surface area contributed by atoms with Crippen molar-refractivity contribution >= 4 is 39.7 Å². The van der Waals surface area contributed by atoms with Crippen molar-refractivity contribution < 1.29 is 4.79 Å². The fourth-order valence-corrected chi connectivity index (χ4v) is 3.16. The van der Waals surface area contributed by atoms with Gasteiger partial charge in [-0.25, -0.2) is 0 Å². The molecule has 0 radical (unpaired) electrons. The molecule has 0 bridgehead atoms. The van der Waals surface area contributed by atoms with Gasteiger partial charge in [0.05, 0.1) is 10.7 Å². The molecular formula is C22H16ClN3O. The molecule has 4 nitrogen and oxygen atoms in total. The first kappa shape index (κ1) is 17.1. The number of nitrogen functional groups attached to an aromatic ring is 1. The zero-order valence-electron chi connectivity index (χ0n) is 14.3. The Hall–Kier alpha value is -3.37. The summed E-state index contributed by atoms with van der Waals surface area (Å²) < 4.78 is 0. The molecule has 0 aliphatic rings. The smallest absolute Gasteiger partial charge is 0.255 e. The maximum Gasteiger partial charge on any atom is 0.255 e. The quantitative estimate of drug-likeness (QED) is 0.473. The Labute approximate surface area is 161 Å². The van der Waals surface area contributed by atoms with Gasteiger partial charge in [0.2, 0.25) is 0 Å². The number of nitrogens with one attached hydrogen (secondary N) is 1. The normalized spacial score (nSPS) is 10.7. The first-order chi connectivity index (χ1) is 13.1. The van der Waals surface area contributed by atoms with Crippen LogP contribution in [0.25, 0.3) is 22.0 Å². The average molecular weight is 374 g/mol. The van der Waals surface area contributed by atoms with Gasteiger partial charge in [0.1, 0.15) is 0 Å². The third-order valence-corrected chi connectivity index (χ3v) is 4.66. The Morgan fingerprint density at radius 3 is 2.56 bits per heavy atom. The third kappa shape index (κ3) is 3.48. The number of rotatable bonds is 3. The lowest BCUT2D eigenvalue weighted by Crippen LogP contribution is -2.11. The third-order valence-electron chi connectivity index (χ3n) is 4.33. The van der Waals surface area contributed by atoms with Crippen molar-refractivity contribution in [3.05, 3.63) is 89.6 Å². The van der Waals surface area contributed by atoms with Crippen molar-refractivity contribution in [2.24, 2.45) is 0 Å². The molecule has 0 fully saturated rings. The van der Waals surface area contributed by atoms with E-state index in [4.69, 9.17) is 17.3 Å². The standard InChI is InChI=1S/C22H16ClN3O/c23-20-10-9-17(26-22(27)15-5-7-16(24)8-6-15)13-19(20)21-18-4-2-1-3-14(18)11-12-25-21/h1-13H,24H2,(H,26,27). The zero-order valence-corrected chi connectivity index (χ0v) is 15.1. The molecule has 0 saturated heterocycles. The average Bonchev–Trinajstić information content (AvgIpc) is 2.69. The highest BCUT2D eigenvalue weighted by molar-refractivity contribution is 6.33. The number of fused-ring (bicyclic) bond motifs is 1. The summed E-state index contributed by atoms with van der Waals surface area (Å²) in [4.78, 5) is 17.0. The lowest BCUT2D eigenvalue weighted by molar-refractivity contribution is 0.102. The predicted molar refractivity (Wildman–Crippen MR) is 111 cm³/mol. The molecule has 5 heteroatoms. The molecule has 0 aliphatic heterocycles. The summed E-state index contributed by atoms with van der Waals surface area (Å²) in [6, 6.07) is 22.1. The number of hydrogen-bond acceptors (Lipinski definition) is 3. The van der Waals surface area contributed by atoms with Crippen LogP contribution < -0.4 is 11.1 Å². The van der Waals surface area contributed by atoms with Gasteiger partial charge in [-0.2, -0.15) is 0 Å². The lowest BCUT2D eigenvalue weighted by atomic mass is 10.0. The molecule has 0 unspecified atom stereocenters. The summed E-state index contributed by atoms with van der Waals surface area (Å²) in [7, 11) is 0. The van der Waals surface area contributed by atoms with Crippen molar-refractivity contribution in [1.29, 1.82) is 0 Å². The van der Waals surface area contributed by atoms with Crippen LogP contribution in [0.3, 0.4) is 0 Å². The van der Waals surface area contributed by atoms with E-state index in [0.717, 1.165) is 22.0 Å². The molecule has 3 N–H and O–H groups in total. The molecule has 1 aromatic heterocycles. The maximum atomic E-state index is 12.5.